The fourth-order valence-corrected chi connectivity index (χ4v) is 4.26. The number of aryl methyl sites for hydroxylation is 1. The normalized spacial score (nSPS) is 25.6. The molecule has 1 N–H and O–H groups in total. The van der Waals surface area contributed by atoms with Gasteiger partial charge in [0.2, 0.25) is 5.91 Å². The highest BCUT2D eigenvalue weighted by molar-refractivity contribution is 5.77. The number of aromatic nitrogens is 4. The minimum atomic E-state index is 0.261. The van der Waals surface area contributed by atoms with Gasteiger partial charge < -0.3 is 4.90 Å². The monoisotopic (exact) mass is 351 g/mol. The zero-order chi connectivity index (χ0) is 17.5. The fourth-order valence-electron chi connectivity index (χ4n) is 4.26. The summed E-state index contributed by atoms with van der Waals surface area (Å²) in [5.41, 5.74) is 1.17. The van der Waals surface area contributed by atoms with Gasteiger partial charge in [-0.3, -0.25) is 14.9 Å². The molecule has 0 aromatic carbocycles. The number of carbonyl (C=O) groups is 1. The minimum Gasteiger partial charge on any atom is -0.342 e. The summed E-state index contributed by atoms with van der Waals surface area (Å²) in [6, 6.07) is 3.97. The predicted octanol–water partition coefficient (Wildman–Crippen LogP) is 2.66. The maximum Gasteiger partial charge on any atom is 0.222 e. The van der Waals surface area contributed by atoms with Crippen molar-refractivity contribution >= 4 is 5.91 Å². The Bertz CT molecular complexity index is 781. The topological polar surface area (TPSA) is 74.8 Å². The fraction of sp³-hybridized carbons (Fsp3) is 0.600. The average Bonchev–Trinajstić information content (AvgIpc) is 3.61. The molecule has 6 heteroatoms. The van der Waals surface area contributed by atoms with Crippen molar-refractivity contribution < 1.29 is 4.79 Å². The highest BCUT2D eigenvalue weighted by Crippen LogP contribution is 2.47. The van der Waals surface area contributed by atoms with E-state index < -0.39 is 0 Å². The van der Waals surface area contributed by atoms with Crippen molar-refractivity contribution in [1.82, 2.24) is 25.1 Å². The molecule has 0 radical (unpaired) electrons. The van der Waals surface area contributed by atoms with Crippen LogP contribution in [-0.2, 0) is 11.2 Å². The Kier molecular flexibility index (Phi) is 3.98. The maximum atomic E-state index is 12.8. The van der Waals surface area contributed by atoms with Crippen molar-refractivity contribution in [1.29, 1.82) is 0 Å². The molecule has 0 unspecified atom stereocenters. The molecule has 6 nitrogen and oxygen atoms in total. The van der Waals surface area contributed by atoms with Crippen LogP contribution in [0.5, 0.6) is 0 Å². The summed E-state index contributed by atoms with van der Waals surface area (Å²) < 4.78 is 0. The third-order valence-electron chi connectivity index (χ3n) is 6.14. The Morgan fingerprint density at radius 1 is 1.15 bits per heavy atom. The van der Waals surface area contributed by atoms with E-state index in [0.29, 0.717) is 24.2 Å². The Balaban J connectivity index is 1.26. The summed E-state index contributed by atoms with van der Waals surface area (Å²) in [4.78, 5) is 23.7. The molecule has 5 rings (SSSR count). The molecule has 3 aliphatic rings. The van der Waals surface area contributed by atoms with Gasteiger partial charge in [-0.25, -0.2) is 4.98 Å². The highest BCUT2D eigenvalue weighted by atomic mass is 16.2. The summed E-state index contributed by atoms with van der Waals surface area (Å²) in [5.74, 6) is 4.45. The molecule has 0 bridgehead atoms. The highest BCUT2D eigenvalue weighted by Gasteiger charge is 2.45. The van der Waals surface area contributed by atoms with Crippen molar-refractivity contribution in [2.24, 2.45) is 11.8 Å². The number of likely N-dealkylation sites (tertiary alicyclic amines) is 1. The number of H-pyrrole nitrogens is 1. The lowest BCUT2D eigenvalue weighted by molar-refractivity contribution is -0.130. The van der Waals surface area contributed by atoms with E-state index in [-0.39, 0.29) is 5.91 Å². The van der Waals surface area contributed by atoms with E-state index in [9.17, 15) is 4.79 Å². The number of rotatable bonds is 6. The summed E-state index contributed by atoms with van der Waals surface area (Å²) in [6.45, 7) is 1.67. The molecule has 136 valence electrons. The third-order valence-corrected chi connectivity index (χ3v) is 6.14. The van der Waals surface area contributed by atoms with Gasteiger partial charge in [0.05, 0.1) is 0 Å². The number of amides is 1. The number of hydrogen-bond acceptors (Lipinski definition) is 4. The van der Waals surface area contributed by atoms with Crippen LogP contribution in [0, 0.1) is 11.8 Å². The van der Waals surface area contributed by atoms with Crippen molar-refractivity contribution in [3.8, 4) is 0 Å². The molecule has 0 spiro atoms. The number of aromatic amines is 1. The Hall–Kier alpha value is -2.24. The van der Waals surface area contributed by atoms with Gasteiger partial charge in [0.1, 0.15) is 5.82 Å². The van der Waals surface area contributed by atoms with E-state index in [1.54, 1.807) is 12.4 Å². The Morgan fingerprint density at radius 3 is 2.69 bits per heavy atom. The van der Waals surface area contributed by atoms with E-state index >= 15 is 0 Å². The van der Waals surface area contributed by atoms with Gasteiger partial charge in [0.15, 0.2) is 5.82 Å². The molecule has 2 aromatic heterocycles. The molecule has 26 heavy (non-hydrogen) atoms. The zero-order valence-corrected chi connectivity index (χ0v) is 15.0. The second kappa shape index (κ2) is 6.49. The van der Waals surface area contributed by atoms with Crippen LogP contribution in [0.25, 0.3) is 0 Å². The smallest absolute Gasteiger partial charge is 0.222 e. The Morgan fingerprint density at radius 2 is 1.96 bits per heavy atom. The SMILES string of the molecule is O=C(CCc1ccncc1)N1C[C@H](c2nc(C3CC3)n[nH]2)[C@@H](C2CC2)C1. The van der Waals surface area contributed by atoms with Gasteiger partial charge >= 0.3 is 0 Å². The lowest BCUT2D eigenvalue weighted by Crippen LogP contribution is -2.29. The van der Waals surface area contributed by atoms with Gasteiger partial charge in [0.25, 0.3) is 0 Å². The van der Waals surface area contributed by atoms with Gasteiger partial charge in [-0.2, -0.15) is 5.10 Å². The zero-order valence-electron chi connectivity index (χ0n) is 15.0. The van der Waals surface area contributed by atoms with Crippen LogP contribution in [0.4, 0.5) is 0 Å². The third kappa shape index (κ3) is 3.24. The standard InChI is InChI=1S/C20H25N5O/c26-18(6-1-13-7-9-21-10-8-13)25-11-16(14-2-3-14)17(12-25)20-22-19(23-24-20)15-4-5-15/h7-10,14-17H,1-6,11-12H2,(H,22,23,24)/t16-,17+/m1/s1. The van der Waals surface area contributed by atoms with Crippen molar-refractivity contribution in [2.45, 2.75) is 50.4 Å². The van der Waals surface area contributed by atoms with E-state index in [1.807, 2.05) is 12.1 Å². The van der Waals surface area contributed by atoms with Crippen LogP contribution in [0.2, 0.25) is 0 Å². The van der Waals surface area contributed by atoms with Gasteiger partial charge in [0, 0.05) is 43.7 Å². The lowest BCUT2D eigenvalue weighted by atomic mass is 9.91. The summed E-state index contributed by atoms with van der Waals surface area (Å²) >= 11 is 0. The number of pyridine rings is 1. The van der Waals surface area contributed by atoms with E-state index in [0.717, 1.165) is 37.1 Å². The van der Waals surface area contributed by atoms with E-state index in [1.165, 1.54) is 31.2 Å². The first kappa shape index (κ1) is 16.0. The van der Waals surface area contributed by atoms with Crippen LogP contribution in [0.15, 0.2) is 24.5 Å². The molecule has 1 saturated heterocycles. The second-order valence-electron chi connectivity index (χ2n) is 8.12. The molecule has 2 aromatic rings. The molecule has 2 aliphatic carbocycles. The molecule has 1 aliphatic heterocycles. The van der Waals surface area contributed by atoms with Gasteiger partial charge in [-0.15, -0.1) is 0 Å². The second-order valence-corrected chi connectivity index (χ2v) is 8.12. The molecule has 3 heterocycles. The number of nitrogens with zero attached hydrogens (tertiary/aromatic N) is 4. The van der Waals surface area contributed by atoms with Crippen LogP contribution in [-0.4, -0.2) is 44.1 Å². The van der Waals surface area contributed by atoms with Crippen LogP contribution < -0.4 is 0 Å². The van der Waals surface area contributed by atoms with Crippen LogP contribution in [0.3, 0.4) is 0 Å². The van der Waals surface area contributed by atoms with E-state index in [2.05, 4.69) is 20.1 Å². The summed E-state index contributed by atoms with van der Waals surface area (Å²) in [7, 11) is 0. The molecule has 2 atom stereocenters. The largest absolute Gasteiger partial charge is 0.342 e. The predicted molar refractivity (Wildman–Crippen MR) is 96.5 cm³/mol. The van der Waals surface area contributed by atoms with Crippen molar-refractivity contribution in [2.75, 3.05) is 13.1 Å². The molecule has 1 amide bonds. The van der Waals surface area contributed by atoms with E-state index in [4.69, 9.17) is 4.98 Å². The average molecular weight is 351 g/mol. The van der Waals surface area contributed by atoms with Crippen LogP contribution >= 0.6 is 0 Å². The Labute approximate surface area is 153 Å². The summed E-state index contributed by atoms with van der Waals surface area (Å²) in [5, 5.41) is 7.63. The first-order valence-corrected chi connectivity index (χ1v) is 9.87. The quantitative estimate of drug-likeness (QED) is 0.868. The lowest BCUT2D eigenvalue weighted by Gasteiger charge is -2.16. The van der Waals surface area contributed by atoms with Gasteiger partial charge in [-0.1, -0.05) is 0 Å². The minimum absolute atomic E-state index is 0.261. The molecular weight excluding hydrogens is 326 g/mol. The number of hydrogen-bond donors (Lipinski definition) is 1. The van der Waals surface area contributed by atoms with Gasteiger partial charge in [-0.05, 0) is 61.6 Å². The van der Waals surface area contributed by atoms with Crippen LogP contribution in [0.1, 0.15) is 61.2 Å². The molecule has 3 fully saturated rings. The van der Waals surface area contributed by atoms with Crippen molar-refractivity contribution in [3.05, 3.63) is 41.7 Å². The summed E-state index contributed by atoms with van der Waals surface area (Å²) in [6.07, 6.45) is 9.95. The first-order valence-electron chi connectivity index (χ1n) is 9.87. The molecule has 2 saturated carbocycles. The number of nitrogens with one attached hydrogen (secondary N) is 1. The number of carbonyl (C=O) groups excluding carboxylic acids is 1. The van der Waals surface area contributed by atoms with Crippen molar-refractivity contribution in [3.63, 3.8) is 0 Å². The maximum absolute atomic E-state index is 12.8. The first-order chi connectivity index (χ1) is 12.8. The molecular formula is C20H25N5O.